The molecule has 1 aliphatic rings. The topological polar surface area (TPSA) is 56.5 Å². The first-order valence-corrected chi connectivity index (χ1v) is 8.60. The van der Waals surface area contributed by atoms with Crippen LogP contribution in [0.15, 0.2) is 45.6 Å². The largest absolute Gasteiger partial charge is 0.457 e. The van der Waals surface area contributed by atoms with Crippen molar-refractivity contribution in [2.45, 2.75) is 25.9 Å². The molecule has 0 atom stereocenters. The molecule has 26 heavy (non-hydrogen) atoms. The second-order valence-electron chi connectivity index (χ2n) is 6.26. The van der Waals surface area contributed by atoms with Gasteiger partial charge in [0.1, 0.15) is 18.0 Å². The van der Waals surface area contributed by atoms with E-state index in [4.69, 9.17) is 20.8 Å². The number of halogens is 2. The van der Waals surface area contributed by atoms with E-state index in [0.717, 1.165) is 36.8 Å². The van der Waals surface area contributed by atoms with Gasteiger partial charge in [0.15, 0.2) is 0 Å². The van der Waals surface area contributed by atoms with Crippen molar-refractivity contribution in [2.75, 3.05) is 0 Å². The fourth-order valence-corrected chi connectivity index (χ4v) is 3.53. The Hall–Kier alpha value is -2.66. The molecule has 0 amide bonds. The van der Waals surface area contributed by atoms with Crippen molar-refractivity contribution in [3.63, 3.8) is 0 Å². The van der Waals surface area contributed by atoms with E-state index in [9.17, 15) is 14.0 Å². The fourth-order valence-electron chi connectivity index (χ4n) is 3.29. The van der Waals surface area contributed by atoms with E-state index < -0.39 is 17.4 Å². The van der Waals surface area contributed by atoms with Crippen LogP contribution in [0, 0.1) is 5.82 Å². The number of ether oxygens (including phenoxy) is 1. The summed E-state index contributed by atoms with van der Waals surface area (Å²) in [6, 6.07) is 8.66. The maximum Gasteiger partial charge on any atom is 0.339 e. The van der Waals surface area contributed by atoms with Crippen molar-refractivity contribution in [3.05, 3.63) is 79.9 Å². The van der Waals surface area contributed by atoms with Crippen LogP contribution in [0.2, 0.25) is 5.02 Å². The third-order valence-corrected chi connectivity index (χ3v) is 4.87. The molecule has 4 nitrogen and oxygen atoms in total. The molecule has 0 bridgehead atoms. The SMILES string of the molecule is O=C(OCc1cc(=O)oc2cc3c(cc12)CCC3)c1ccc(F)cc1Cl. The number of hydrogen-bond donors (Lipinski definition) is 0. The van der Waals surface area contributed by atoms with Crippen molar-refractivity contribution in [1.29, 1.82) is 0 Å². The summed E-state index contributed by atoms with van der Waals surface area (Å²) in [5.74, 6) is -1.22. The van der Waals surface area contributed by atoms with Gasteiger partial charge < -0.3 is 9.15 Å². The number of fused-ring (bicyclic) bond motifs is 2. The Morgan fingerprint density at radius 3 is 2.69 bits per heavy atom. The van der Waals surface area contributed by atoms with Crippen LogP contribution >= 0.6 is 11.6 Å². The normalized spacial score (nSPS) is 13.0. The van der Waals surface area contributed by atoms with Crippen LogP contribution in [-0.4, -0.2) is 5.97 Å². The second kappa shape index (κ2) is 6.57. The maximum atomic E-state index is 13.1. The molecule has 4 rings (SSSR count). The van der Waals surface area contributed by atoms with Gasteiger partial charge in [-0.3, -0.25) is 0 Å². The summed E-state index contributed by atoms with van der Waals surface area (Å²) in [5.41, 5.74) is 3.04. The van der Waals surface area contributed by atoms with Crippen molar-refractivity contribution in [3.8, 4) is 0 Å². The van der Waals surface area contributed by atoms with Crippen LogP contribution in [0.3, 0.4) is 0 Å². The van der Waals surface area contributed by atoms with E-state index in [-0.39, 0.29) is 17.2 Å². The lowest BCUT2D eigenvalue weighted by molar-refractivity contribution is 0.0474. The minimum atomic E-state index is -0.683. The molecule has 1 aromatic heterocycles. The summed E-state index contributed by atoms with van der Waals surface area (Å²) in [4.78, 5) is 24.1. The predicted octanol–water partition coefficient (Wildman–Crippen LogP) is 4.43. The Kier molecular flexibility index (Phi) is 4.24. The zero-order chi connectivity index (χ0) is 18.3. The molecule has 0 unspecified atom stereocenters. The molecule has 0 spiro atoms. The highest BCUT2D eigenvalue weighted by Gasteiger charge is 2.17. The van der Waals surface area contributed by atoms with Gasteiger partial charge in [-0.2, -0.15) is 0 Å². The van der Waals surface area contributed by atoms with Gasteiger partial charge in [-0.15, -0.1) is 0 Å². The third-order valence-electron chi connectivity index (χ3n) is 4.55. The summed E-state index contributed by atoms with van der Waals surface area (Å²) < 4.78 is 23.7. The Labute approximate surface area is 153 Å². The van der Waals surface area contributed by atoms with Crippen LogP contribution in [0.25, 0.3) is 11.0 Å². The number of rotatable bonds is 3. The number of aryl methyl sites for hydroxylation is 2. The molecule has 0 radical (unpaired) electrons. The number of carbonyl (C=O) groups is 1. The van der Waals surface area contributed by atoms with E-state index >= 15 is 0 Å². The highest BCUT2D eigenvalue weighted by atomic mass is 35.5. The molecule has 3 aromatic rings. The van der Waals surface area contributed by atoms with Crippen molar-refractivity contribution in [1.82, 2.24) is 0 Å². The smallest absolute Gasteiger partial charge is 0.339 e. The lowest BCUT2D eigenvalue weighted by atomic mass is 10.0. The molecule has 6 heteroatoms. The molecule has 2 aromatic carbocycles. The van der Waals surface area contributed by atoms with E-state index in [1.807, 2.05) is 12.1 Å². The predicted molar refractivity (Wildman–Crippen MR) is 95.0 cm³/mol. The Balaban J connectivity index is 1.64. The van der Waals surface area contributed by atoms with Crippen molar-refractivity contribution in [2.24, 2.45) is 0 Å². The molecule has 0 fully saturated rings. The minimum Gasteiger partial charge on any atom is -0.457 e. The van der Waals surface area contributed by atoms with Gasteiger partial charge >= 0.3 is 11.6 Å². The Morgan fingerprint density at radius 1 is 1.15 bits per heavy atom. The zero-order valence-electron chi connectivity index (χ0n) is 13.7. The number of benzene rings is 2. The quantitative estimate of drug-likeness (QED) is 0.504. The summed E-state index contributed by atoms with van der Waals surface area (Å²) in [6.07, 6.45) is 3.02. The number of hydrogen-bond acceptors (Lipinski definition) is 4. The van der Waals surface area contributed by atoms with Crippen LogP contribution in [0.5, 0.6) is 0 Å². The fraction of sp³-hybridized carbons (Fsp3) is 0.200. The molecular weight excluding hydrogens is 359 g/mol. The zero-order valence-corrected chi connectivity index (χ0v) is 14.4. The minimum absolute atomic E-state index is 0.0229. The van der Waals surface area contributed by atoms with Gasteiger partial charge in [-0.25, -0.2) is 14.0 Å². The standard InChI is InChI=1S/C20H14ClFO4/c21-17-9-14(22)4-5-15(17)20(24)25-10-13-8-19(23)26-18-7-12-3-1-2-11(12)6-16(13)18/h4-9H,1-3,10H2. The highest BCUT2D eigenvalue weighted by Crippen LogP contribution is 2.29. The van der Waals surface area contributed by atoms with E-state index in [1.165, 1.54) is 23.3 Å². The van der Waals surface area contributed by atoms with Crippen molar-refractivity contribution >= 4 is 28.5 Å². The van der Waals surface area contributed by atoms with Gasteiger partial charge in [-0.1, -0.05) is 11.6 Å². The lowest BCUT2D eigenvalue weighted by Crippen LogP contribution is -2.09. The Bertz CT molecular complexity index is 1090. The van der Waals surface area contributed by atoms with Crippen LogP contribution in [0.4, 0.5) is 4.39 Å². The third kappa shape index (κ3) is 3.10. The molecule has 132 valence electrons. The second-order valence-corrected chi connectivity index (χ2v) is 6.67. The van der Waals surface area contributed by atoms with Crippen LogP contribution in [-0.2, 0) is 24.2 Å². The van der Waals surface area contributed by atoms with Crippen LogP contribution < -0.4 is 5.63 Å². The molecule has 0 aliphatic heterocycles. The highest BCUT2D eigenvalue weighted by molar-refractivity contribution is 6.33. The average Bonchev–Trinajstić information content (AvgIpc) is 3.04. The maximum absolute atomic E-state index is 13.1. The molecule has 1 aliphatic carbocycles. The summed E-state index contributed by atoms with van der Waals surface area (Å²) in [5, 5.41) is 0.730. The van der Waals surface area contributed by atoms with Crippen LogP contribution in [0.1, 0.15) is 33.5 Å². The van der Waals surface area contributed by atoms with Gasteiger partial charge in [0.05, 0.1) is 10.6 Å². The molecule has 0 saturated carbocycles. The monoisotopic (exact) mass is 372 g/mol. The first kappa shape index (κ1) is 16.8. The first-order chi connectivity index (χ1) is 12.5. The van der Waals surface area contributed by atoms with E-state index in [0.29, 0.717) is 11.1 Å². The first-order valence-electron chi connectivity index (χ1n) is 8.22. The van der Waals surface area contributed by atoms with Gasteiger partial charge in [0.2, 0.25) is 0 Å². The molecular formula is C20H14ClFO4. The summed E-state index contributed by atoms with van der Waals surface area (Å²) in [7, 11) is 0. The summed E-state index contributed by atoms with van der Waals surface area (Å²) >= 11 is 5.88. The van der Waals surface area contributed by atoms with E-state index in [1.54, 1.807) is 0 Å². The molecule has 0 N–H and O–H groups in total. The van der Waals surface area contributed by atoms with Gasteiger partial charge in [0.25, 0.3) is 0 Å². The van der Waals surface area contributed by atoms with Crippen molar-refractivity contribution < 1.29 is 18.3 Å². The van der Waals surface area contributed by atoms with Gasteiger partial charge in [0, 0.05) is 17.0 Å². The number of esters is 1. The van der Waals surface area contributed by atoms with Gasteiger partial charge in [-0.05, 0) is 60.7 Å². The average molecular weight is 373 g/mol. The van der Waals surface area contributed by atoms with E-state index in [2.05, 4.69) is 0 Å². The Morgan fingerprint density at radius 2 is 1.92 bits per heavy atom. The molecule has 1 heterocycles. The summed E-state index contributed by atoms with van der Waals surface area (Å²) in [6.45, 7) is -0.104. The lowest BCUT2D eigenvalue weighted by Gasteiger charge is -2.10. The molecule has 0 saturated heterocycles. The number of carbonyl (C=O) groups excluding carboxylic acids is 1.